The Morgan fingerprint density at radius 1 is 1.40 bits per heavy atom. The van der Waals surface area contributed by atoms with Gasteiger partial charge >= 0.3 is 0 Å². The van der Waals surface area contributed by atoms with E-state index in [1.54, 1.807) is 0 Å². The van der Waals surface area contributed by atoms with Gasteiger partial charge in [-0.1, -0.05) is 25.0 Å². The Hall–Kier alpha value is -1.43. The average Bonchev–Trinajstić information content (AvgIpc) is 3.24. The molecule has 0 spiro atoms. The van der Waals surface area contributed by atoms with E-state index in [0.717, 1.165) is 44.0 Å². The summed E-state index contributed by atoms with van der Waals surface area (Å²) in [5, 5.41) is 11.4. The molecule has 1 heterocycles. The van der Waals surface area contributed by atoms with Gasteiger partial charge in [-0.25, -0.2) is 0 Å². The molecule has 1 aromatic rings. The number of carbonyl (C=O) groups is 1. The second-order valence-corrected chi connectivity index (χ2v) is 7.79. The van der Waals surface area contributed by atoms with Crippen LogP contribution in [-0.4, -0.2) is 39.7 Å². The first-order valence-electron chi connectivity index (χ1n) is 9.78. The fourth-order valence-corrected chi connectivity index (χ4v) is 3.28. The molecule has 1 fully saturated rings. The summed E-state index contributed by atoms with van der Waals surface area (Å²) in [4.78, 5) is 12.0. The molecule has 0 aromatic carbocycles. The zero-order valence-corrected chi connectivity index (χ0v) is 16.1. The maximum Gasteiger partial charge on any atom is 0.220 e. The van der Waals surface area contributed by atoms with Crippen molar-refractivity contribution in [3.05, 3.63) is 11.9 Å². The largest absolute Gasteiger partial charge is 0.376 e. The topological polar surface area (TPSA) is 69.0 Å². The molecule has 1 amide bonds. The number of aromatic nitrogens is 3. The fraction of sp³-hybridized carbons (Fsp3) is 0.842. The molecular formula is C19H34N4O2. The van der Waals surface area contributed by atoms with Crippen molar-refractivity contribution in [2.75, 3.05) is 13.2 Å². The van der Waals surface area contributed by atoms with Crippen LogP contribution in [0.5, 0.6) is 0 Å². The number of amides is 1. The minimum atomic E-state index is -0.240. The number of nitrogens with one attached hydrogen (secondary N) is 1. The Labute approximate surface area is 151 Å². The van der Waals surface area contributed by atoms with Crippen LogP contribution in [0.2, 0.25) is 0 Å². The molecule has 6 nitrogen and oxygen atoms in total. The van der Waals surface area contributed by atoms with Gasteiger partial charge in [0.15, 0.2) is 0 Å². The molecule has 0 saturated heterocycles. The molecule has 0 atom stereocenters. The Bertz CT molecular complexity index is 521. The maximum absolute atomic E-state index is 12.0. The van der Waals surface area contributed by atoms with E-state index in [4.69, 9.17) is 4.74 Å². The molecule has 1 saturated carbocycles. The van der Waals surface area contributed by atoms with Gasteiger partial charge in [-0.05, 0) is 45.4 Å². The molecule has 6 heteroatoms. The molecule has 0 unspecified atom stereocenters. The number of carbonyl (C=O) groups excluding carboxylic acids is 1. The number of hydrogen-bond acceptors (Lipinski definition) is 4. The van der Waals surface area contributed by atoms with Gasteiger partial charge in [0.25, 0.3) is 0 Å². The van der Waals surface area contributed by atoms with Gasteiger partial charge in [-0.3, -0.25) is 9.48 Å². The van der Waals surface area contributed by atoms with Gasteiger partial charge in [0, 0.05) is 38.7 Å². The van der Waals surface area contributed by atoms with Crippen LogP contribution >= 0.6 is 0 Å². The van der Waals surface area contributed by atoms with Gasteiger partial charge in [0.2, 0.25) is 5.91 Å². The normalized spacial score (nSPS) is 15.6. The van der Waals surface area contributed by atoms with E-state index in [-0.39, 0.29) is 11.5 Å². The third kappa shape index (κ3) is 7.55. The highest BCUT2D eigenvalue weighted by Gasteiger charge is 2.19. The van der Waals surface area contributed by atoms with Crippen molar-refractivity contribution in [3.8, 4) is 0 Å². The molecule has 1 aliphatic carbocycles. The van der Waals surface area contributed by atoms with E-state index < -0.39 is 0 Å². The third-order valence-corrected chi connectivity index (χ3v) is 4.86. The monoisotopic (exact) mass is 350 g/mol. The lowest BCUT2D eigenvalue weighted by atomic mass is 10.0. The lowest BCUT2D eigenvalue weighted by Gasteiger charge is -2.24. The van der Waals surface area contributed by atoms with E-state index in [9.17, 15) is 4.79 Å². The van der Waals surface area contributed by atoms with Crippen molar-refractivity contribution in [3.63, 3.8) is 0 Å². The number of rotatable bonds is 11. The van der Waals surface area contributed by atoms with Crippen molar-refractivity contribution in [2.24, 2.45) is 5.92 Å². The summed E-state index contributed by atoms with van der Waals surface area (Å²) in [6.45, 7) is 8.50. The van der Waals surface area contributed by atoms with E-state index in [1.165, 1.54) is 25.7 Å². The highest BCUT2D eigenvalue weighted by atomic mass is 16.5. The zero-order valence-electron chi connectivity index (χ0n) is 16.1. The lowest BCUT2D eigenvalue weighted by Crippen LogP contribution is -2.30. The summed E-state index contributed by atoms with van der Waals surface area (Å²) in [6, 6.07) is 0. The number of nitrogens with zero attached hydrogens (tertiary/aromatic N) is 3. The molecule has 1 N–H and O–H groups in total. The van der Waals surface area contributed by atoms with Crippen molar-refractivity contribution < 1.29 is 9.53 Å². The van der Waals surface area contributed by atoms with Gasteiger partial charge in [-0.15, -0.1) is 5.10 Å². The Balaban J connectivity index is 1.61. The Kier molecular flexibility index (Phi) is 7.88. The first-order valence-corrected chi connectivity index (χ1v) is 9.78. The zero-order chi connectivity index (χ0) is 18.1. The van der Waals surface area contributed by atoms with Crippen LogP contribution in [0.3, 0.4) is 0 Å². The molecule has 1 aliphatic rings. The second kappa shape index (κ2) is 9.90. The minimum Gasteiger partial charge on any atom is -0.376 e. The van der Waals surface area contributed by atoms with Gasteiger partial charge in [-0.2, -0.15) is 0 Å². The number of hydrogen-bond donors (Lipinski definition) is 1. The summed E-state index contributed by atoms with van der Waals surface area (Å²) in [6.07, 6.45) is 10.3. The van der Waals surface area contributed by atoms with Crippen LogP contribution in [0.25, 0.3) is 0 Å². The Morgan fingerprint density at radius 3 is 2.88 bits per heavy atom. The predicted octanol–water partition coefficient (Wildman–Crippen LogP) is 3.11. The van der Waals surface area contributed by atoms with Gasteiger partial charge in [0.1, 0.15) is 0 Å². The molecule has 1 aromatic heterocycles. The first kappa shape index (κ1) is 19.9. The lowest BCUT2D eigenvalue weighted by molar-refractivity contribution is -0.122. The second-order valence-electron chi connectivity index (χ2n) is 7.79. The molecule has 0 bridgehead atoms. The van der Waals surface area contributed by atoms with Gasteiger partial charge < -0.3 is 10.1 Å². The van der Waals surface area contributed by atoms with E-state index in [0.29, 0.717) is 13.0 Å². The van der Waals surface area contributed by atoms with Crippen LogP contribution in [0.15, 0.2) is 6.20 Å². The van der Waals surface area contributed by atoms with E-state index >= 15 is 0 Å². The summed E-state index contributed by atoms with van der Waals surface area (Å²) >= 11 is 0. The average molecular weight is 351 g/mol. The van der Waals surface area contributed by atoms with Crippen LogP contribution in [0.4, 0.5) is 0 Å². The fourth-order valence-electron chi connectivity index (χ4n) is 3.28. The van der Waals surface area contributed by atoms with Crippen LogP contribution < -0.4 is 5.32 Å². The van der Waals surface area contributed by atoms with E-state index in [1.807, 2.05) is 24.7 Å². The molecule has 2 rings (SSSR count). The maximum atomic E-state index is 12.0. The van der Waals surface area contributed by atoms with Crippen molar-refractivity contribution in [1.29, 1.82) is 0 Å². The quantitative estimate of drug-likeness (QED) is 0.666. The van der Waals surface area contributed by atoms with Crippen molar-refractivity contribution >= 4 is 5.91 Å². The van der Waals surface area contributed by atoms with Crippen molar-refractivity contribution in [2.45, 2.75) is 84.3 Å². The molecule has 0 aliphatic heterocycles. The standard InChI is InChI=1S/C19H34N4O2/c1-4-13-25-19(2,3)11-9-18(24)20-12-10-17-15-23(22-21-17)14-16-7-5-6-8-16/h15-16H,4-14H2,1-3H3,(H,20,24). The molecular weight excluding hydrogens is 316 g/mol. The molecule has 25 heavy (non-hydrogen) atoms. The summed E-state index contributed by atoms with van der Waals surface area (Å²) in [5.41, 5.74) is 0.709. The molecule has 142 valence electrons. The third-order valence-electron chi connectivity index (χ3n) is 4.86. The minimum absolute atomic E-state index is 0.0755. The summed E-state index contributed by atoms with van der Waals surface area (Å²) < 4.78 is 7.72. The van der Waals surface area contributed by atoms with Crippen molar-refractivity contribution in [1.82, 2.24) is 20.3 Å². The first-order chi connectivity index (χ1) is 12.0. The van der Waals surface area contributed by atoms with E-state index in [2.05, 4.69) is 22.6 Å². The Morgan fingerprint density at radius 2 is 2.16 bits per heavy atom. The SMILES string of the molecule is CCCOC(C)(C)CCC(=O)NCCc1cn(CC2CCCC2)nn1. The van der Waals surface area contributed by atoms with Crippen LogP contribution in [0, 0.1) is 5.92 Å². The summed E-state index contributed by atoms with van der Waals surface area (Å²) in [5.74, 6) is 0.832. The highest BCUT2D eigenvalue weighted by molar-refractivity contribution is 5.75. The highest BCUT2D eigenvalue weighted by Crippen LogP contribution is 2.25. The summed E-state index contributed by atoms with van der Waals surface area (Å²) in [7, 11) is 0. The smallest absolute Gasteiger partial charge is 0.220 e. The van der Waals surface area contributed by atoms with Gasteiger partial charge in [0.05, 0.1) is 11.3 Å². The molecule has 0 radical (unpaired) electrons. The van der Waals surface area contributed by atoms with Crippen LogP contribution in [-0.2, 0) is 22.5 Å². The predicted molar refractivity (Wildman–Crippen MR) is 98.2 cm³/mol. The number of ether oxygens (including phenoxy) is 1. The van der Waals surface area contributed by atoms with Crippen LogP contribution in [0.1, 0.15) is 71.4 Å².